The zero-order valence-electron chi connectivity index (χ0n) is 11.5. The predicted octanol–water partition coefficient (Wildman–Crippen LogP) is 4.31. The highest BCUT2D eigenvalue weighted by Crippen LogP contribution is 2.39. The predicted molar refractivity (Wildman–Crippen MR) is 83.4 cm³/mol. The molecule has 3 rings (SSSR count). The van der Waals surface area contributed by atoms with Crippen LogP contribution in [0.15, 0.2) is 22.7 Å². The maximum atomic E-state index is 11.5. The number of anilines is 1. The molecular weight excluding hydrogens is 318 g/mol. The summed E-state index contributed by atoms with van der Waals surface area (Å²) in [6.07, 6.45) is 7.59. The Kier molecular flexibility index (Phi) is 4.01. The smallest absolute Gasteiger partial charge is 0.337 e. The summed E-state index contributed by atoms with van der Waals surface area (Å²) in [5, 5.41) is 9.44. The molecule has 2 atom stereocenters. The maximum absolute atomic E-state index is 11.5. The number of rotatable bonds is 2. The molecule has 2 unspecified atom stereocenters. The van der Waals surface area contributed by atoms with Crippen LogP contribution in [0.4, 0.5) is 5.69 Å². The molecule has 2 aliphatic rings. The van der Waals surface area contributed by atoms with Crippen LogP contribution >= 0.6 is 15.9 Å². The third-order valence-corrected chi connectivity index (χ3v) is 5.24. The molecule has 3 nitrogen and oxygen atoms in total. The second-order valence-electron chi connectivity index (χ2n) is 5.91. The van der Waals surface area contributed by atoms with Crippen LogP contribution in [0.2, 0.25) is 0 Å². The Balaban J connectivity index is 1.98. The van der Waals surface area contributed by atoms with Gasteiger partial charge in [0.1, 0.15) is 0 Å². The first kappa shape index (κ1) is 13.9. The fraction of sp³-hybridized carbons (Fsp3) is 0.562. The van der Waals surface area contributed by atoms with E-state index in [1.807, 2.05) is 12.1 Å². The van der Waals surface area contributed by atoms with Crippen molar-refractivity contribution >= 4 is 27.6 Å². The van der Waals surface area contributed by atoms with E-state index in [0.717, 1.165) is 22.6 Å². The molecule has 1 aromatic carbocycles. The molecule has 4 heteroatoms. The first-order chi connectivity index (χ1) is 9.66. The SMILES string of the molecule is O=C(O)c1ccc(Br)cc1N1CCCC2CCCCC21. The van der Waals surface area contributed by atoms with E-state index in [2.05, 4.69) is 20.8 Å². The molecule has 1 aliphatic heterocycles. The number of halogens is 1. The summed E-state index contributed by atoms with van der Waals surface area (Å²) in [7, 11) is 0. The highest BCUT2D eigenvalue weighted by molar-refractivity contribution is 9.10. The van der Waals surface area contributed by atoms with Crippen molar-refractivity contribution in [1.29, 1.82) is 0 Å². The third-order valence-electron chi connectivity index (χ3n) is 4.74. The monoisotopic (exact) mass is 337 g/mol. The molecule has 0 aromatic heterocycles. The summed E-state index contributed by atoms with van der Waals surface area (Å²) in [6.45, 7) is 0.984. The molecule has 0 bridgehead atoms. The Hall–Kier alpha value is -1.03. The van der Waals surface area contributed by atoms with Crippen molar-refractivity contribution < 1.29 is 9.90 Å². The molecule has 20 heavy (non-hydrogen) atoms. The second-order valence-corrected chi connectivity index (χ2v) is 6.83. The summed E-state index contributed by atoms with van der Waals surface area (Å²) < 4.78 is 0.954. The van der Waals surface area contributed by atoms with Crippen LogP contribution < -0.4 is 4.90 Å². The topological polar surface area (TPSA) is 40.5 Å². The molecule has 0 amide bonds. The fourth-order valence-corrected chi connectivity index (χ4v) is 4.20. The Morgan fingerprint density at radius 3 is 2.75 bits per heavy atom. The number of nitrogens with zero attached hydrogens (tertiary/aromatic N) is 1. The van der Waals surface area contributed by atoms with Gasteiger partial charge in [0.15, 0.2) is 0 Å². The van der Waals surface area contributed by atoms with E-state index in [9.17, 15) is 9.90 Å². The molecule has 1 aromatic rings. The van der Waals surface area contributed by atoms with Crippen molar-refractivity contribution in [2.75, 3.05) is 11.4 Å². The minimum absolute atomic E-state index is 0.430. The lowest BCUT2D eigenvalue weighted by molar-refractivity contribution is 0.0697. The highest BCUT2D eigenvalue weighted by atomic mass is 79.9. The van der Waals surface area contributed by atoms with Crippen molar-refractivity contribution in [3.8, 4) is 0 Å². The number of carbonyl (C=O) groups is 1. The maximum Gasteiger partial charge on any atom is 0.337 e. The van der Waals surface area contributed by atoms with E-state index < -0.39 is 5.97 Å². The summed E-state index contributed by atoms with van der Waals surface area (Å²) >= 11 is 3.48. The summed E-state index contributed by atoms with van der Waals surface area (Å²) in [6, 6.07) is 6.04. The van der Waals surface area contributed by atoms with Crippen LogP contribution in [0.1, 0.15) is 48.9 Å². The van der Waals surface area contributed by atoms with Gasteiger partial charge >= 0.3 is 5.97 Å². The molecule has 108 valence electrons. The van der Waals surface area contributed by atoms with E-state index in [0.29, 0.717) is 11.6 Å². The summed E-state index contributed by atoms with van der Waals surface area (Å²) in [4.78, 5) is 13.9. The quantitative estimate of drug-likeness (QED) is 0.874. The zero-order chi connectivity index (χ0) is 14.1. The van der Waals surface area contributed by atoms with Crippen LogP contribution in [0, 0.1) is 5.92 Å². The Bertz CT molecular complexity index is 515. The number of fused-ring (bicyclic) bond motifs is 1. The minimum Gasteiger partial charge on any atom is -0.478 e. The third kappa shape index (κ3) is 2.58. The Labute approximate surface area is 128 Å². The van der Waals surface area contributed by atoms with Gasteiger partial charge < -0.3 is 10.0 Å². The molecule has 1 saturated heterocycles. The minimum atomic E-state index is -0.828. The van der Waals surface area contributed by atoms with Gasteiger partial charge in [-0.25, -0.2) is 4.79 Å². The summed E-state index contributed by atoms with van der Waals surface area (Å²) in [5.41, 5.74) is 1.32. The average molecular weight is 338 g/mol. The first-order valence-electron chi connectivity index (χ1n) is 7.46. The van der Waals surface area contributed by atoms with Crippen LogP contribution in [-0.4, -0.2) is 23.7 Å². The number of hydrogen-bond acceptors (Lipinski definition) is 2. The zero-order valence-corrected chi connectivity index (χ0v) is 13.1. The van der Waals surface area contributed by atoms with Gasteiger partial charge in [0.05, 0.1) is 11.3 Å². The van der Waals surface area contributed by atoms with Crippen LogP contribution in [-0.2, 0) is 0 Å². The van der Waals surface area contributed by atoms with Crippen molar-refractivity contribution in [3.63, 3.8) is 0 Å². The van der Waals surface area contributed by atoms with Gasteiger partial charge in [-0.2, -0.15) is 0 Å². The second kappa shape index (κ2) is 5.76. The van der Waals surface area contributed by atoms with Gasteiger partial charge in [0.25, 0.3) is 0 Å². The number of benzene rings is 1. The molecule has 1 heterocycles. The Morgan fingerprint density at radius 2 is 1.95 bits per heavy atom. The lowest BCUT2D eigenvalue weighted by Crippen LogP contribution is -2.47. The molecular formula is C16H20BrNO2. The van der Waals surface area contributed by atoms with E-state index in [1.165, 1.54) is 38.5 Å². The van der Waals surface area contributed by atoms with Gasteiger partial charge in [-0.05, 0) is 49.8 Å². The molecule has 0 spiro atoms. The largest absolute Gasteiger partial charge is 0.478 e. The van der Waals surface area contributed by atoms with Gasteiger partial charge in [-0.3, -0.25) is 0 Å². The molecule has 0 radical (unpaired) electrons. The van der Waals surface area contributed by atoms with Gasteiger partial charge in [0.2, 0.25) is 0 Å². The van der Waals surface area contributed by atoms with E-state index in [1.54, 1.807) is 6.07 Å². The van der Waals surface area contributed by atoms with Crippen LogP contribution in [0.5, 0.6) is 0 Å². The van der Waals surface area contributed by atoms with Crippen molar-refractivity contribution in [2.24, 2.45) is 5.92 Å². The number of aromatic carboxylic acids is 1. The lowest BCUT2D eigenvalue weighted by Gasteiger charge is -2.45. The van der Waals surface area contributed by atoms with E-state index >= 15 is 0 Å². The van der Waals surface area contributed by atoms with Crippen molar-refractivity contribution in [3.05, 3.63) is 28.2 Å². The van der Waals surface area contributed by atoms with Gasteiger partial charge in [-0.15, -0.1) is 0 Å². The van der Waals surface area contributed by atoms with Crippen LogP contribution in [0.25, 0.3) is 0 Å². The number of piperidine rings is 1. The van der Waals surface area contributed by atoms with Crippen LogP contribution in [0.3, 0.4) is 0 Å². The molecule has 2 fully saturated rings. The average Bonchev–Trinajstić information content (AvgIpc) is 2.46. The van der Waals surface area contributed by atoms with Gasteiger partial charge in [0, 0.05) is 17.1 Å². The molecule has 1 N–H and O–H groups in total. The normalized spacial score (nSPS) is 26.1. The molecule has 1 aliphatic carbocycles. The number of hydrogen-bond donors (Lipinski definition) is 1. The van der Waals surface area contributed by atoms with E-state index in [4.69, 9.17) is 0 Å². The Morgan fingerprint density at radius 1 is 1.20 bits per heavy atom. The van der Waals surface area contributed by atoms with Crippen molar-refractivity contribution in [2.45, 2.75) is 44.6 Å². The number of carboxylic acids is 1. The fourth-order valence-electron chi connectivity index (χ4n) is 3.85. The molecule has 1 saturated carbocycles. The summed E-state index contributed by atoms with van der Waals surface area (Å²) in [5.74, 6) is -0.0800. The van der Waals surface area contributed by atoms with Crippen molar-refractivity contribution in [1.82, 2.24) is 0 Å². The standard InChI is InChI=1S/C16H20BrNO2/c17-12-7-8-13(16(19)20)15(10-12)18-9-3-5-11-4-1-2-6-14(11)18/h7-8,10-11,14H,1-6,9H2,(H,19,20). The highest BCUT2D eigenvalue weighted by Gasteiger charge is 2.34. The first-order valence-corrected chi connectivity index (χ1v) is 8.25. The lowest BCUT2D eigenvalue weighted by atomic mass is 9.78. The van der Waals surface area contributed by atoms with Gasteiger partial charge in [-0.1, -0.05) is 28.8 Å². The van der Waals surface area contributed by atoms with E-state index in [-0.39, 0.29) is 0 Å². The number of carboxylic acid groups (broad SMARTS) is 1.